The van der Waals surface area contributed by atoms with Crippen molar-refractivity contribution in [1.29, 1.82) is 0 Å². The van der Waals surface area contributed by atoms with Gasteiger partial charge in [-0.1, -0.05) is 30.3 Å². The Balaban J connectivity index is 1.42. The SMILES string of the molecule is OC(CNC1CCCc2ccccc21)COCc1cccs1. The van der Waals surface area contributed by atoms with Crippen molar-refractivity contribution in [2.45, 2.75) is 38.0 Å². The molecule has 0 saturated heterocycles. The van der Waals surface area contributed by atoms with Crippen LogP contribution in [0.15, 0.2) is 41.8 Å². The lowest BCUT2D eigenvalue weighted by atomic mass is 9.88. The summed E-state index contributed by atoms with van der Waals surface area (Å²) >= 11 is 1.68. The molecule has 0 amide bonds. The number of nitrogens with one attached hydrogen (secondary N) is 1. The average Bonchev–Trinajstić information content (AvgIpc) is 3.06. The number of aliphatic hydroxyl groups excluding tert-OH is 1. The minimum absolute atomic E-state index is 0.358. The van der Waals surface area contributed by atoms with Gasteiger partial charge in [-0.05, 0) is 41.8 Å². The molecule has 0 spiro atoms. The van der Waals surface area contributed by atoms with Crippen LogP contribution in [0.4, 0.5) is 0 Å². The molecule has 2 unspecified atom stereocenters. The van der Waals surface area contributed by atoms with Crippen molar-refractivity contribution in [2.24, 2.45) is 0 Å². The summed E-state index contributed by atoms with van der Waals surface area (Å²) in [5, 5.41) is 15.6. The van der Waals surface area contributed by atoms with Crippen LogP contribution < -0.4 is 5.32 Å². The fraction of sp³-hybridized carbons (Fsp3) is 0.444. The van der Waals surface area contributed by atoms with Crippen LogP contribution in [0.2, 0.25) is 0 Å². The van der Waals surface area contributed by atoms with E-state index in [-0.39, 0.29) is 0 Å². The maximum absolute atomic E-state index is 10.1. The Kier molecular flexibility index (Phi) is 5.62. The van der Waals surface area contributed by atoms with Gasteiger partial charge < -0.3 is 15.2 Å². The number of hydrogen-bond acceptors (Lipinski definition) is 4. The summed E-state index contributed by atoms with van der Waals surface area (Å²) in [6.07, 6.45) is 3.05. The Morgan fingerprint density at radius 1 is 1.27 bits per heavy atom. The third-order valence-corrected chi connectivity index (χ3v) is 4.95. The van der Waals surface area contributed by atoms with E-state index in [4.69, 9.17) is 4.74 Å². The van der Waals surface area contributed by atoms with E-state index in [0.29, 0.717) is 25.8 Å². The van der Waals surface area contributed by atoms with E-state index >= 15 is 0 Å². The van der Waals surface area contributed by atoms with Gasteiger partial charge in [-0.25, -0.2) is 0 Å². The zero-order valence-electron chi connectivity index (χ0n) is 12.7. The molecule has 22 heavy (non-hydrogen) atoms. The van der Waals surface area contributed by atoms with Crippen molar-refractivity contribution in [1.82, 2.24) is 5.32 Å². The minimum Gasteiger partial charge on any atom is -0.389 e. The zero-order valence-corrected chi connectivity index (χ0v) is 13.5. The summed E-state index contributed by atoms with van der Waals surface area (Å²) in [7, 11) is 0. The molecule has 0 fully saturated rings. The quantitative estimate of drug-likeness (QED) is 0.823. The minimum atomic E-state index is -0.464. The van der Waals surface area contributed by atoms with Crippen LogP contribution in [0.3, 0.4) is 0 Å². The van der Waals surface area contributed by atoms with Gasteiger partial charge >= 0.3 is 0 Å². The maximum Gasteiger partial charge on any atom is 0.0898 e. The summed E-state index contributed by atoms with van der Waals surface area (Å²) in [5.74, 6) is 0. The number of hydrogen-bond donors (Lipinski definition) is 2. The lowest BCUT2D eigenvalue weighted by molar-refractivity contribution is 0.0283. The van der Waals surface area contributed by atoms with Crippen molar-refractivity contribution >= 4 is 11.3 Å². The van der Waals surface area contributed by atoms with E-state index in [9.17, 15) is 5.11 Å². The molecule has 118 valence electrons. The summed E-state index contributed by atoms with van der Waals surface area (Å²) in [6.45, 7) is 1.53. The summed E-state index contributed by atoms with van der Waals surface area (Å²) < 4.78 is 5.57. The van der Waals surface area contributed by atoms with E-state index in [2.05, 4.69) is 29.6 Å². The van der Waals surface area contributed by atoms with Gasteiger partial charge in [0.15, 0.2) is 0 Å². The first-order chi connectivity index (χ1) is 10.8. The Morgan fingerprint density at radius 3 is 3.05 bits per heavy atom. The lowest BCUT2D eigenvalue weighted by Crippen LogP contribution is -2.34. The second kappa shape index (κ2) is 7.88. The third kappa shape index (κ3) is 4.17. The molecular weight excluding hydrogens is 294 g/mol. The third-order valence-electron chi connectivity index (χ3n) is 4.10. The van der Waals surface area contributed by atoms with Gasteiger partial charge in [0.25, 0.3) is 0 Å². The zero-order chi connectivity index (χ0) is 15.2. The molecule has 4 heteroatoms. The van der Waals surface area contributed by atoms with Gasteiger partial charge in [-0.2, -0.15) is 0 Å². The fourth-order valence-corrected chi connectivity index (χ4v) is 3.63. The summed E-state index contributed by atoms with van der Waals surface area (Å²) in [5.41, 5.74) is 2.83. The van der Waals surface area contributed by atoms with E-state index < -0.39 is 6.10 Å². The number of rotatable bonds is 7. The lowest BCUT2D eigenvalue weighted by Gasteiger charge is -2.27. The van der Waals surface area contributed by atoms with Crippen molar-refractivity contribution in [2.75, 3.05) is 13.2 Å². The molecule has 2 aromatic rings. The largest absolute Gasteiger partial charge is 0.389 e. The molecule has 0 saturated carbocycles. The number of aliphatic hydroxyl groups is 1. The van der Waals surface area contributed by atoms with E-state index in [0.717, 1.165) is 6.42 Å². The van der Waals surface area contributed by atoms with Crippen LogP contribution in [0.25, 0.3) is 0 Å². The fourth-order valence-electron chi connectivity index (χ4n) is 2.99. The van der Waals surface area contributed by atoms with Crippen LogP contribution in [0, 0.1) is 0 Å². The standard InChI is InChI=1S/C18H23NO2S/c20-15(12-21-13-16-7-4-10-22-16)11-19-18-9-3-6-14-5-1-2-8-17(14)18/h1-2,4-5,7-8,10,15,18-20H,3,6,9,11-13H2. The van der Waals surface area contributed by atoms with Gasteiger partial charge in [0.2, 0.25) is 0 Å². The van der Waals surface area contributed by atoms with E-state index in [1.807, 2.05) is 17.5 Å². The summed E-state index contributed by atoms with van der Waals surface area (Å²) in [4.78, 5) is 1.20. The van der Waals surface area contributed by atoms with Gasteiger partial charge in [0, 0.05) is 17.5 Å². The average molecular weight is 317 g/mol. The molecule has 2 N–H and O–H groups in total. The highest BCUT2D eigenvalue weighted by Crippen LogP contribution is 2.29. The normalized spacial score (nSPS) is 18.9. The summed E-state index contributed by atoms with van der Waals surface area (Å²) in [6, 6.07) is 13.0. The first-order valence-corrected chi connectivity index (χ1v) is 8.80. The van der Waals surface area contributed by atoms with Crippen molar-refractivity contribution in [3.63, 3.8) is 0 Å². The van der Waals surface area contributed by atoms with Gasteiger partial charge in [-0.3, -0.25) is 0 Å². The Labute approximate surface area is 136 Å². The molecule has 1 aromatic heterocycles. The van der Waals surface area contributed by atoms with Crippen LogP contribution in [0.1, 0.15) is 34.9 Å². The second-order valence-corrected chi connectivity index (χ2v) is 6.83. The molecule has 1 aliphatic carbocycles. The first-order valence-electron chi connectivity index (χ1n) is 7.92. The monoisotopic (exact) mass is 317 g/mol. The molecule has 1 aliphatic rings. The Hall–Kier alpha value is -1.20. The van der Waals surface area contributed by atoms with E-state index in [1.54, 1.807) is 11.3 Å². The van der Waals surface area contributed by atoms with Crippen molar-refractivity contribution in [3.8, 4) is 0 Å². The predicted molar refractivity (Wildman–Crippen MR) is 90.1 cm³/mol. The smallest absolute Gasteiger partial charge is 0.0898 e. The molecule has 2 atom stereocenters. The highest BCUT2D eigenvalue weighted by Gasteiger charge is 2.19. The number of fused-ring (bicyclic) bond motifs is 1. The van der Waals surface area contributed by atoms with Crippen molar-refractivity contribution in [3.05, 3.63) is 57.8 Å². The Bertz CT molecular complexity index is 570. The molecule has 0 radical (unpaired) electrons. The maximum atomic E-state index is 10.1. The molecule has 1 aromatic carbocycles. The molecular formula is C18H23NO2S. The number of aryl methyl sites for hydroxylation is 1. The topological polar surface area (TPSA) is 41.5 Å². The molecule has 1 heterocycles. The first kappa shape index (κ1) is 15.7. The van der Waals surface area contributed by atoms with Gasteiger partial charge in [0.1, 0.15) is 0 Å². The highest BCUT2D eigenvalue weighted by molar-refractivity contribution is 7.09. The molecule has 3 rings (SSSR count). The van der Waals surface area contributed by atoms with Crippen LogP contribution in [-0.4, -0.2) is 24.4 Å². The highest BCUT2D eigenvalue weighted by atomic mass is 32.1. The van der Waals surface area contributed by atoms with Crippen LogP contribution in [0.5, 0.6) is 0 Å². The number of ether oxygens (including phenoxy) is 1. The van der Waals surface area contributed by atoms with Crippen LogP contribution in [-0.2, 0) is 17.8 Å². The van der Waals surface area contributed by atoms with Gasteiger partial charge in [0.05, 0.1) is 19.3 Å². The Morgan fingerprint density at radius 2 is 2.18 bits per heavy atom. The molecule has 0 bridgehead atoms. The number of thiophene rings is 1. The van der Waals surface area contributed by atoms with Crippen molar-refractivity contribution < 1.29 is 9.84 Å². The molecule has 0 aliphatic heterocycles. The molecule has 3 nitrogen and oxygen atoms in total. The van der Waals surface area contributed by atoms with Crippen LogP contribution >= 0.6 is 11.3 Å². The second-order valence-electron chi connectivity index (χ2n) is 5.80. The van der Waals surface area contributed by atoms with Gasteiger partial charge in [-0.15, -0.1) is 11.3 Å². The number of benzene rings is 1. The van der Waals surface area contributed by atoms with E-state index in [1.165, 1.54) is 28.8 Å². The predicted octanol–water partition coefficient (Wildman–Crippen LogP) is 3.29.